The maximum atomic E-state index is 13.5. The van der Waals surface area contributed by atoms with E-state index in [1.807, 2.05) is 48.5 Å². The molecule has 0 unspecified atom stereocenters. The molecule has 2 fully saturated rings. The molecule has 2 N–H and O–H groups in total. The molecule has 0 bridgehead atoms. The average molecular weight is 831 g/mol. The third kappa shape index (κ3) is 10.8. The lowest BCUT2D eigenvalue weighted by atomic mass is 10.1. The second kappa shape index (κ2) is 18.9. The summed E-state index contributed by atoms with van der Waals surface area (Å²) in [6.07, 6.45) is 6.96. The number of amides is 2. The maximum absolute atomic E-state index is 13.5. The largest absolute Gasteiger partial charge is 0.355 e. The number of carbonyl (C=O) groups excluding carboxylic acids is 2. The number of thiocarbonyl (C=S) groups is 2. The van der Waals surface area contributed by atoms with Gasteiger partial charge in [-0.2, -0.15) is 0 Å². The van der Waals surface area contributed by atoms with Crippen molar-refractivity contribution in [3.05, 3.63) is 97.1 Å². The molecular weight excluding hydrogens is 785 g/mol. The van der Waals surface area contributed by atoms with Gasteiger partial charge in [0.05, 0.1) is 21.3 Å². The summed E-state index contributed by atoms with van der Waals surface area (Å²) in [5.41, 5.74) is 4.89. The number of benzene rings is 4. The van der Waals surface area contributed by atoms with E-state index >= 15 is 0 Å². The smallest absolute Gasteiger partial charge is 0.234 e. The molecule has 8 nitrogen and oxygen atoms in total. The van der Waals surface area contributed by atoms with Crippen LogP contribution in [-0.4, -0.2) is 75.4 Å². The van der Waals surface area contributed by atoms with Crippen molar-refractivity contribution in [1.82, 2.24) is 9.80 Å². The van der Waals surface area contributed by atoms with E-state index in [0.717, 1.165) is 69.7 Å². The van der Waals surface area contributed by atoms with E-state index in [2.05, 4.69) is 34.3 Å². The van der Waals surface area contributed by atoms with Crippen molar-refractivity contribution in [3.63, 3.8) is 0 Å². The molecule has 2 amide bonds. The summed E-state index contributed by atoms with van der Waals surface area (Å²) in [7, 11) is -3.74. The fourth-order valence-corrected chi connectivity index (χ4v) is 10.5. The van der Waals surface area contributed by atoms with E-state index in [1.165, 1.54) is 36.4 Å². The van der Waals surface area contributed by atoms with Gasteiger partial charge >= 0.3 is 0 Å². The molecule has 4 aromatic rings. The minimum Gasteiger partial charge on any atom is -0.355 e. The first-order chi connectivity index (χ1) is 26.5. The van der Waals surface area contributed by atoms with Crippen molar-refractivity contribution in [2.24, 2.45) is 0 Å². The summed E-state index contributed by atoms with van der Waals surface area (Å²) in [6.45, 7) is 6.26. The molecule has 0 radical (unpaired) electrons. The molecule has 288 valence electrons. The Kier molecular flexibility index (Phi) is 14.1. The first-order valence-electron chi connectivity index (χ1n) is 18.6. The average Bonchev–Trinajstić information content (AvgIpc) is 3.20. The van der Waals surface area contributed by atoms with Crippen LogP contribution in [0.2, 0.25) is 0 Å². The van der Waals surface area contributed by atoms with E-state index in [1.54, 1.807) is 48.5 Å². The van der Waals surface area contributed by atoms with Crippen molar-refractivity contribution in [2.75, 3.05) is 35.2 Å². The summed E-state index contributed by atoms with van der Waals surface area (Å²) in [4.78, 5) is 30.1. The van der Waals surface area contributed by atoms with E-state index in [4.69, 9.17) is 24.4 Å². The monoisotopic (exact) mass is 830 g/mol. The van der Waals surface area contributed by atoms with Crippen LogP contribution in [0, 0.1) is 0 Å². The number of piperidine rings is 2. The fraction of sp³-hybridized carbons (Fsp3) is 0.333. The highest BCUT2D eigenvalue weighted by molar-refractivity contribution is 8.23. The van der Waals surface area contributed by atoms with Gasteiger partial charge < -0.3 is 20.4 Å². The van der Waals surface area contributed by atoms with Crippen molar-refractivity contribution in [3.8, 4) is 22.3 Å². The lowest BCUT2D eigenvalue weighted by Crippen LogP contribution is -2.40. The van der Waals surface area contributed by atoms with Gasteiger partial charge in [-0.25, -0.2) is 8.42 Å². The Morgan fingerprint density at radius 2 is 0.909 bits per heavy atom. The lowest BCUT2D eigenvalue weighted by Gasteiger charge is -2.35. The second-order valence-electron chi connectivity index (χ2n) is 14.0. The molecule has 6 rings (SSSR count). The Morgan fingerprint density at radius 1 is 0.582 bits per heavy atom. The van der Waals surface area contributed by atoms with Gasteiger partial charge in [0.1, 0.15) is 8.64 Å². The zero-order valence-electron chi connectivity index (χ0n) is 31.0. The number of sulfone groups is 1. The van der Waals surface area contributed by atoms with Crippen molar-refractivity contribution in [2.45, 2.75) is 74.2 Å². The van der Waals surface area contributed by atoms with Crippen LogP contribution in [0.15, 0.2) is 107 Å². The molecule has 55 heavy (non-hydrogen) atoms. The van der Waals surface area contributed by atoms with Crippen LogP contribution in [0.4, 0.5) is 11.4 Å². The highest BCUT2D eigenvalue weighted by Gasteiger charge is 2.23. The quantitative estimate of drug-likeness (QED) is 0.151. The molecule has 4 aromatic carbocycles. The Hall–Kier alpha value is -3.75. The Balaban J connectivity index is 0.989. The summed E-state index contributed by atoms with van der Waals surface area (Å²) in [5, 5.41) is 5.88. The van der Waals surface area contributed by atoms with E-state index < -0.39 is 9.84 Å². The SMILES string of the molecule is C[C@@H]1CCCCN1C(=S)SCC(=O)Nc1ccc(-c2ccc(S(=O)(=O)c3ccc(-c4ccc(NC(=O)CSC(=S)N5CCCC[C@@H]5C)cc4)cc3)cc2)cc1. The topological polar surface area (TPSA) is 98.8 Å². The number of nitrogens with one attached hydrogen (secondary N) is 2. The van der Waals surface area contributed by atoms with Gasteiger partial charge in [0.2, 0.25) is 21.7 Å². The van der Waals surface area contributed by atoms with Crippen LogP contribution in [0.5, 0.6) is 0 Å². The molecular formula is C42H46N4O4S5. The highest BCUT2D eigenvalue weighted by atomic mass is 32.2. The van der Waals surface area contributed by atoms with Crippen LogP contribution in [-0.2, 0) is 19.4 Å². The predicted molar refractivity (Wildman–Crippen MR) is 237 cm³/mol. The number of likely N-dealkylation sites (tertiary alicyclic amines) is 2. The lowest BCUT2D eigenvalue weighted by molar-refractivity contribution is -0.114. The van der Waals surface area contributed by atoms with E-state index in [0.29, 0.717) is 23.5 Å². The number of thioether (sulfide) groups is 2. The first-order valence-corrected chi connectivity index (χ1v) is 22.9. The zero-order chi connectivity index (χ0) is 39.0. The summed E-state index contributed by atoms with van der Waals surface area (Å²) in [5.74, 6) is 0.288. The predicted octanol–water partition coefficient (Wildman–Crippen LogP) is 9.52. The van der Waals surface area contributed by atoms with Gasteiger partial charge in [0.25, 0.3) is 0 Å². The van der Waals surface area contributed by atoms with Crippen LogP contribution >= 0.6 is 48.0 Å². The first kappa shape index (κ1) is 40.9. The third-order valence-electron chi connectivity index (χ3n) is 10.1. The number of carbonyl (C=O) groups is 2. The standard InChI is InChI=1S/C42H46N4O4S5/c1-29-7-3-5-25-45(29)41(51)53-27-39(47)43-35-17-9-31(10-18-35)33-13-21-37(22-14-33)55(49,50)38-23-15-34(16-24-38)32-11-19-36(20-12-32)44-40(48)28-54-42(52)46-26-6-4-8-30(46)2/h9-24,29-30H,3-8,25-28H2,1-2H3,(H,43,47)(H,44,48)/t29-,30+. The van der Waals surface area contributed by atoms with Crippen LogP contribution in [0.1, 0.15) is 52.4 Å². The highest BCUT2D eigenvalue weighted by Crippen LogP contribution is 2.29. The molecule has 0 aliphatic carbocycles. The number of anilines is 2. The molecule has 0 spiro atoms. The zero-order valence-corrected chi connectivity index (χ0v) is 35.1. The number of hydrogen-bond donors (Lipinski definition) is 2. The Bertz CT molecular complexity index is 1950. The number of hydrogen-bond acceptors (Lipinski definition) is 8. The minimum atomic E-state index is -3.74. The molecule has 2 aliphatic rings. The van der Waals surface area contributed by atoms with Gasteiger partial charge in [-0.1, -0.05) is 96.5 Å². The van der Waals surface area contributed by atoms with Crippen molar-refractivity contribution >= 4 is 89.6 Å². The normalized spacial score (nSPS) is 17.3. The summed E-state index contributed by atoms with van der Waals surface area (Å²) in [6, 6.07) is 29.4. The van der Waals surface area contributed by atoms with Crippen molar-refractivity contribution < 1.29 is 18.0 Å². The van der Waals surface area contributed by atoms with Crippen LogP contribution in [0.25, 0.3) is 22.3 Å². The van der Waals surface area contributed by atoms with E-state index in [-0.39, 0.29) is 33.1 Å². The van der Waals surface area contributed by atoms with Gasteiger partial charge in [0.15, 0.2) is 0 Å². The number of nitrogens with zero attached hydrogens (tertiary/aromatic N) is 2. The summed E-state index contributed by atoms with van der Waals surface area (Å²) < 4.78 is 28.6. The molecule has 2 saturated heterocycles. The fourth-order valence-electron chi connectivity index (χ4n) is 6.83. The van der Waals surface area contributed by atoms with Crippen LogP contribution in [0.3, 0.4) is 0 Å². The third-order valence-corrected chi connectivity index (χ3v) is 14.8. The summed E-state index contributed by atoms with van der Waals surface area (Å²) >= 11 is 14.0. The maximum Gasteiger partial charge on any atom is 0.234 e. The van der Waals surface area contributed by atoms with E-state index in [9.17, 15) is 18.0 Å². The Morgan fingerprint density at radius 3 is 1.24 bits per heavy atom. The molecule has 2 aliphatic heterocycles. The van der Waals surface area contributed by atoms with Crippen LogP contribution < -0.4 is 10.6 Å². The molecule has 13 heteroatoms. The molecule has 0 saturated carbocycles. The van der Waals surface area contributed by atoms with Gasteiger partial charge in [-0.15, -0.1) is 0 Å². The minimum absolute atomic E-state index is 0.111. The second-order valence-corrected chi connectivity index (χ2v) is 19.2. The Labute approximate surface area is 344 Å². The molecule has 2 atom stereocenters. The molecule has 0 aromatic heterocycles. The van der Waals surface area contributed by atoms with Gasteiger partial charge in [-0.3, -0.25) is 9.59 Å². The van der Waals surface area contributed by atoms with Gasteiger partial charge in [-0.05, 0) is 123 Å². The molecule has 2 heterocycles. The van der Waals surface area contributed by atoms with Gasteiger partial charge in [0, 0.05) is 36.5 Å². The number of rotatable bonds is 10. The van der Waals surface area contributed by atoms with Crippen molar-refractivity contribution in [1.29, 1.82) is 0 Å².